The smallest absolute Gasteiger partial charge is 0.203 e. The third-order valence-corrected chi connectivity index (χ3v) is 3.16. The second kappa shape index (κ2) is 7.89. The zero-order chi connectivity index (χ0) is 14.3. The SMILES string of the molecule is CCC(C)COc1c(OC)cc(CCN)cc1OC. The maximum Gasteiger partial charge on any atom is 0.203 e. The van der Waals surface area contributed by atoms with Gasteiger partial charge in [0, 0.05) is 0 Å². The Labute approximate surface area is 115 Å². The Balaban J connectivity index is 2.99. The molecule has 0 fully saturated rings. The van der Waals surface area contributed by atoms with Crippen molar-refractivity contribution in [1.82, 2.24) is 0 Å². The number of methoxy groups -OCH3 is 2. The summed E-state index contributed by atoms with van der Waals surface area (Å²) in [6, 6.07) is 3.92. The van der Waals surface area contributed by atoms with Gasteiger partial charge >= 0.3 is 0 Å². The highest BCUT2D eigenvalue weighted by molar-refractivity contribution is 5.54. The summed E-state index contributed by atoms with van der Waals surface area (Å²) in [5.74, 6) is 2.57. The zero-order valence-corrected chi connectivity index (χ0v) is 12.4. The molecule has 0 bridgehead atoms. The summed E-state index contributed by atoms with van der Waals surface area (Å²) in [5.41, 5.74) is 6.68. The first-order valence-corrected chi connectivity index (χ1v) is 6.74. The number of ether oxygens (including phenoxy) is 3. The number of benzene rings is 1. The lowest BCUT2D eigenvalue weighted by atomic mass is 10.1. The van der Waals surface area contributed by atoms with Crippen molar-refractivity contribution in [1.29, 1.82) is 0 Å². The van der Waals surface area contributed by atoms with Gasteiger partial charge in [0.05, 0.1) is 20.8 Å². The van der Waals surface area contributed by atoms with E-state index >= 15 is 0 Å². The lowest BCUT2D eigenvalue weighted by molar-refractivity contribution is 0.232. The fourth-order valence-corrected chi connectivity index (χ4v) is 1.73. The summed E-state index contributed by atoms with van der Waals surface area (Å²) < 4.78 is 16.6. The van der Waals surface area contributed by atoms with Crippen molar-refractivity contribution >= 4 is 0 Å². The van der Waals surface area contributed by atoms with Gasteiger partial charge in [-0.1, -0.05) is 20.3 Å². The van der Waals surface area contributed by atoms with Gasteiger partial charge < -0.3 is 19.9 Å². The normalized spacial score (nSPS) is 12.1. The number of rotatable bonds is 8. The molecule has 0 aromatic heterocycles. The molecule has 4 heteroatoms. The Hall–Kier alpha value is -1.42. The predicted molar refractivity (Wildman–Crippen MR) is 77.3 cm³/mol. The number of hydrogen-bond acceptors (Lipinski definition) is 4. The second-order valence-electron chi connectivity index (χ2n) is 4.69. The molecule has 108 valence electrons. The first kappa shape index (κ1) is 15.6. The van der Waals surface area contributed by atoms with Crippen LogP contribution in [0.4, 0.5) is 0 Å². The van der Waals surface area contributed by atoms with Gasteiger partial charge in [-0.3, -0.25) is 0 Å². The van der Waals surface area contributed by atoms with Crippen molar-refractivity contribution in [2.75, 3.05) is 27.4 Å². The molecule has 4 nitrogen and oxygen atoms in total. The monoisotopic (exact) mass is 267 g/mol. The Kier molecular flexibility index (Phi) is 6.50. The molecule has 0 aliphatic carbocycles. The summed E-state index contributed by atoms with van der Waals surface area (Å²) in [4.78, 5) is 0. The highest BCUT2D eigenvalue weighted by Crippen LogP contribution is 2.39. The molecule has 0 radical (unpaired) electrons. The van der Waals surface area contributed by atoms with E-state index in [0.717, 1.165) is 18.4 Å². The van der Waals surface area contributed by atoms with Gasteiger partial charge in [0.25, 0.3) is 0 Å². The maximum atomic E-state index is 5.85. The minimum Gasteiger partial charge on any atom is -0.493 e. The third-order valence-electron chi connectivity index (χ3n) is 3.16. The minimum atomic E-state index is 0.498. The van der Waals surface area contributed by atoms with Crippen LogP contribution < -0.4 is 19.9 Å². The van der Waals surface area contributed by atoms with Gasteiger partial charge in [-0.2, -0.15) is 0 Å². The Morgan fingerprint density at radius 1 is 1.16 bits per heavy atom. The lowest BCUT2D eigenvalue weighted by Gasteiger charge is -2.17. The molecule has 1 aromatic carbocycles. The molecule has 1 atom stereocenters. The zero-order valence-electron chi connectivity index (χ0n) is 12.4. The molecular weight excluding hydrogens is 242 g/mol. The van der Waals surface area contributed by atoms with Crippen molar-refractivity contribution in [2.24, 2.45) is 11.7 Å². The molecule has 0 saturated heterocycles. The van der Waals surface area contributed by atoms with Crippen LogP contribution in [-0.2, 0) is 6.42 Å². The molecule has 0 saturated carbocycles. The van der Waals surface area contributed by atoms with E-state index in [1.807, 2.05) is 12.1 Å². The first-order valence-electron chi connectivity index (χ1n) is 6.74. The van der Waals surface area contributed by atoms with Crippen molar-refractivity contribution in [3.8, 4) is 17.2 Å². The summed E-state index contributed by atoms with van der Waals surface area (Å²) in [7, 11) is 3.27. The van der Waals surface area contributed by atoms with Crippen LogP contribution in [0.3, 0.4) is 0 Å². The summed E-state index contributed by atoms with van der Waals surface area (Å²) >= 11 is 0. The van der Waals surface area contributed by atoms with Crippen LogP contribution in [-0.4, -0.2) is 27.4 Å². The van der Waals surface area contributed by atoms with Crippen molar-refractivity contribution < 1.29 is 14.2 Å². The topological polar surface area (TPSA) is 53.7 Å². The predicted octanol–water partition coefficient (Wildman–Crippen LogP) is 2.63. The van der Waals surface area contributed by atoms with E-state index in [9.17, 15) is 0 Å². The van der Waals surface area contributed by atoms with E-state index in [4.69, 9.17) is 19.9 Å². The molecule has 19 heavy (non-hydrogen) atoms. The molecule has 1 unspecified atom stereocenters. The average Bonchev–Trinajstić information content (AvgIpc) is 2.44. The Morgan fingerprint density at radius 2 is 1.74 bits per heavy atom. The quantitative estimate of drug-likeness (QED) is 0.786. The first-order chi connectivity index (χ1) is 9.15. The van der Waals surface area contributed by atoms with Gasteiger partial charge in [-0.25, -0.2) is 0 Å². The van der Waals surface area contributed by atoms with Gasteiger partial charge in [-0.15, -0.1) is 0 Å². The van der Waals surface area contributed by atoms with Crippen LogP contribution in [0.1, 0.15) is 25.8 Å². The summed E-state index contributed by atoms with van der Waals surface area (Å²) in [5, 5.41) is 0. The number of hydrogen-bond donors (Lipinski definition) is 1. The van der Waals surface area contributed by atoms with Crippen molar-refractivity contribution in [3.05, 3.63) is 17.7 Å². The van der Waals surface area contributed by atoms with Gasteiger partial charge in [0.15, 0.2) is 11.5 Å². The molecular formula is C15H25NO3. The lowest BCUT2D eigenvalue weighted by Crippen LogP contribution is -2.09. The van der Waals surface area contributed by atoms with Crippen LogP contribution in [0.2, 0.25) is 0 Å². The van der Waals surface area contributed by atoms with Crippen LogP contribution in [0.25, 0.3) is 0 Å². The number of nitrogens with two attached hydrogens (primary N) is 1. The van der Waals surface area contributed by atoms with E-state index in [2.05, 4.69) is 13.8 Å². The Morgan fingerprint density at radius 3 is 2.16 bits per heavy atom. The van der Waals surface area contributed by atoms with E-state index in [0.29, 0.717) is 36.3 Å². The van der Waals surface area contributed by atoms with Crippen molar-refractivity contribution in [2.45, 2.75) is 26.7 Å². The molecule has 1 aromatic rings. The van der Waals surface area contributed by atoms with Crippen LogP contribution in [0, 0.1) is 5.92 Å². The standard InChI is InChI=1S/C15H25NO3/c1-5-11(2)10-19-15-13(17-3)8-12(6-7-16)9-14(15)18-4/h8-9,11H,5-7,10,16H2,1-4H3. The highest BCUT2D eigenvalue weighted by atomic mass is 16.5. The largest absolute Gasteiger partial charge is 0.493 e. The van der Waals surface area contributed by atoms with E-state index in [1.165, 1.54) is 0 Å². The van der Waals surface area contributed by atoms with Gasteiger partial charge in [0.2, 0.25) is 5.75 Å². The third kappa shape index (κ3) is 4.31. The summed E-state index contributed by atoms with van der Waals surface area (Å²) in [6.07, 6.45) is 1.87. The molecule has 1 rings (SSSR count). The van der Waals surface area contributed by atoms with Crippen LogP contribution in [0.5, 0.6) is 17.2 Å². The van der Waals surface area contributed by atoms with Gasteiger partial charge in [0.1, 0.15) is 0 Å². The second-order valence-corrected chi connectivity index (χ2v) is 4.69. The fourth-order valence-electron chi connectivity index (χ4n) is 1.73. The van der Waals surface area contributed by atoms with Crippen molar-refractivity contribution in [3.63, 3.8) is 0 Å². The molecule has 0 aliphatic rings. The average molecular weight is 267 g/mol. The van der Waals surface area contributed by atoms with Crippen LogP contribution in [0.15, 0.2) is 12.1 Å². The molecule has 0 heterocycles. The minimum absolute atomic E-state index is 0.498. The molecule has 2 N–H and O–H groups in total. The van der Waals surface area contributed by atoms with E-state index in [-0.39, 0.29) is 0 Å². The molecule has 0 aliphatic heterocycles. The maximum absolute atomic E-state index is 5.85. The molecule has 0 spiro atoms. The fraction of sp³-hybridized carbons (Fsp3) is 0.600. The van der Waals surface area contributed by atoms with Gasteiger partial charge in [-0.05, 0) is 36.6 Å². The van der Waals surface area contributed by atoms with E-state index in [1.54, 1.807) is 14.2 Å². The molecule has 0 amide bonds. The van der Waals surface area contributed by atoms with Crippen LogP contribution >= 0.6 is 0 Å². The summed E-state index contributed by atoms with van der Waals surface area (Å²) in [6.45, 7) is 5.55. The van der Waals surface area contributed by atoms with E-state index < -0.39 is 0 Å². The highest BCUT2D eigenvalue weighted by Gasteiger charge is 2.15. The Bertz CT molecular complexity index is 368.